The Kier molecular flexibility index (Phi) is 5.93. The fourth-order valence-corrected chi connectivity index (χ4v) is 2.99. The van der Waals surface area contributed by atoms with Crippen LogP contribution >= 0.6 is 0 Å². The van der Waals surface area contributed by atoms with E-state index < -0.39 is 0 Å². The first-order chi connectivity index (χ1) is 13.5. The number of hydroxylamine groups is 1. The molecule has 0 saturated heterocycles. The molecule has 2 aromatic carbocycles. The summed E-state index contributed by atoms with van der Waals surface area (Å²) in [5.41, 5.74) is 6.86. The summed E-state index contributed by atoms with van der Waals surface area (Å²) in [4.78, 5) is 17.7. The van der Waals surface area contributed by atoms with Gasteiger partial charge in [0.15, 0.2) is 0 Å². The molecule has 1 aromatic heterocycles. The predicted octanol–water partition coefficient (Wildman–Crippen LogP) is 4.05. The van der Waals surface area contributed by atoms with E-state index in [1.807, 2.05) is 68.4 Å². The normalized spacial score (nSPS) is 10.5. The van der Waals surface area contributed by atoms with E-state index in [9.17, 15) is 4.79 Å². The zero-order chi connectivity index (χ0) is 20.1. The van der Waals surface area contributed by atoms with Crippen LogP contribution in [-0.4, -0.2) is 22.8 Å². The number of aromatic nitrogens is 2. The van der Waals surface area contributed by atoms with Crippen LogP contribution in [0.5, 0.6) is 0 Å². The van der Waals surface area contributed by atoms with Gasteiger partial charge in [0.1, 0.15) is 17.0 Å². The van der Waals surface area contributed by atoms with E-state index in [4.69, 9.17) is 4.84 Å². The topological polar surface area (TPSA) is 56.1 Å². The molecular formula is C23H23N3O2. The number of aryl methyl sites for hydroxylation is 1. The zero-order valence-corrected chi connectivity index (χ0v) is 16.5. The molecule has 28 heavy (non-hydrogen) atoms. The number of carbonyl (C=O) groups excluding carboxylic acids is 1. The molecule has 0 aliphatic heterocycles. The Morgan fingerprint density at radius 3 is 2.36 bits per heavy atom. The first-order valence-electron chi connectivity index (χ1n) is 9.09. The van der Waals surface area contributed by atoms with E-state index in [-0.39, 0.29) is 11.8 Å². The van der Waals surface area contributed by atoms with Gasteiger partial charge in [-0.15, -0.1) is 0 Å². The van der Waals surface area contributed by atoms with Crippen molar-refractivity contribution in [1.82, 2.24) is 15.3 Å². The van der Waals surface area contributed by atoms with E-state index in [1.54, 1.807) is 11.7 Å². The van der Waals surface area contributed by atoms with Gasteiger partial charge in [0, 0.05) is 18.5 Å². The number of rotatable bonds is 4. The van der Waals surface area contributed by atoms with Crippen LogP contribution in [0.2, 0.25) is 0 Å². The van der Waals surface area contributed by atoms with Gasteiger partial charge in [0.05, 0.1) is 7.11 Å². The Balaban J connectivity index is 2.25. The van der Waals surface area contributed by atoms with Crippen LogP contribution in [0, 0.1) is 17.8 Å². The summed E-state index contributed by atoms with van der Waals surface area (Å²) >= 11 is 0. The number of benzene rings is 2. The maximum atomic E-state index is 12.8. The molecule has 0 aliphatic carbocycles. The number of amides is 1. The molecule has 5 heteroatoms. The van der Waals surface area contributed by atoms with Crippen LogP contribution < -0.4 is 5.48 Å². The summed E-state index contributed by atoms with van der Waals surface area (Å²) in [6.45, 7) is 4.01. The third-order valence-electron chi connectivity index (χ3n) is 4.22. The van der Waals surface area contributed by atoms with Crippen molar-refractivity contribution in [2.24, 2.45) is 13.0 Å². The van der Waals surface area contributed by atoms with Gasteiger partial charge in [-0.05, 0) is 17.0 Å². The van der Waals surface area contributed by atoms with Crippen molar-refractivity contribution in [3.05, 3.63) is 65.9 Å². The zero-order valence-electron chi connectivity index (χ0n) is 16.5. The molecular weight excluding hydrogens is 350 g/mol. The van der Waals surface area contributed by atoms with Gasteiger partial charge in [0.25, 0.3) is 5.91 Å². The van der Waals surface area contributed by atoms with E-state index in [0.29, 0.717) is 17.0 Å². The Morgan fingerprint density at radius 2 is 1.71 bits per heavy atom. The lowest BCUT2D eigenvalue weighted by atomic mass is 9.95. The lowest BCUT2D eigenvalue weighted by Gasteiger charge is -2.09. The highest BCUT2D eigenvalue weighted by atomic mass is 16.6. The van der Waals surface area contributed by atoms with Gasteiger partial charge in [-0.1, -0.05) is 74.4 Å². The summed E-state index contributed by atoms with van der Waals surface area (Å²) in [5.74, 6) is 6.02. The maximum absolute atomic E-state index is 12.8. The molecule has 0 aliphatic rings. The Morgan fingerprint density at radius 1 is 1.07 bits per heavy atom. The summed E-state index contributed by atoms with van der Waals surface area (Å²) in [6, 6.07) is 17.9. The van der Waals surface area contributed by atoms with E-state index >= 15 is 0 Å². The van der Waals surface area contributed by atoms with Crippen molar-refractivity contribution in [2.45, 2.75) is 13.8 Å². The standard InChI is InChI=1S/C23H23N3O2/c1-16(2)14-15-20-21(23(27)25-28-4)22(24-26(20)3)19-13-9-8-12-18(19)17-10-6-5-7-11-17/h5-13,16H,1-4H3,(H,25,27). The Labute approximate surface area is 165 Å². The highest BCUT2D eigenvalue weighted by Gasteiger charge is 2.24. The summed E-state index contributed by atoms with van der Waals surface area (Å²) in [7, 11) is 3.20. The molecule has 0 bridgehead atoms. The number of carbonyl (C=O) groups is 1. The average molecular weight is 373 g/mol. The van der Waals surface area contributed by atoms with Crippen LogP contribution in [0.15, 0.2) is 54.6 Å². The molecule has 0 spiro atoms. The minimum absolute atomic E-state index is 0.174. The number of hydrogen-bond donors (Lipinski definition) is 1. The lowest BCUT2D eigenvalue weighted by molar-refractivity contribution is 0.0538. The van der Waals surface area contributed by atoms with Crippen LogP contribution in [0.1, 0.15) is 29.9 Å². The summed E-state index contributed by atoms with van der Waals surface area (Å²) in [5, 5.41) is 4.65. The average Bonchev–Trinajstić information content (AvgIpc) is 3.03. The molecule has 142 valence electrons. The smallest absolute Gasteiger partial charge is 0.277 e. The number of nitrogens with zero attached hydrogens (tertiary/aromatic N) is 2. The highest BCUT2D eigenvalue weighted by Crippen LogP contribution is 2.34. The summed E-state index contributed by atoms with van der Waals surface area (Å²) in [6.07, 6.45) is 0. The number of nitrogens with one attached hydrogen (secondary N) is 1. The molecule has 5 nitrogen and oxygen atoms in total. The fourth-order valence-electron chi connectivity index (χ4n) is 2.99. The fraction of sp³-hybridized carbons (Fsp3) is 0.217. The maximum Gasteiger partial charge on any atom is 0.279 e. The molecule has 1 amide bonds. The molecule has 1 N–H and O–H groups in total. The van der Waals surface area contributed by atoms with E-state index in [0.717, 1.165) is 16.7 Å². The minimum atomic E-state index is -0.374. The Hall–Kier alpha value is -3.36. The third-order valence-corrected chi connectivity index (χ3v) is 4.22. The van der Waals surface area contributed by atoms with Gasteiger partial charge in [-0.3, -0.25) is 14.3 Å². The second-order valence-corrected chi connectivity index (χ2v) is 6.67. The predicted molar refractivity (Wildman–Crippen MR) is 110 cm³/mol. The molecule has 1 heterocycles. The van der Waals surface area contributed by atoms with E-state index in [1.165, 1.54) is 7.11 Å². The second kappa shape index (κ2) is 8.55. The first kappa shape index (κ1) is 19.4. The van der Waals surface area contributed by atoms with Gasteiger partial charge in [0.2, 0.25) is 0 Å². The van der Waals surface area contributed by atoms with Gasteiger partial charge < -0.3 is 0 Å². The van der Waals surface area contributed by atoms with Crippen molar-refractivity contribution < 1.29 is 9.63 Å². The van der Waals surface area contributed by atoms with Crippen molar-refractivity contribution in [3.8, 4) is 34.2 Å². The molecule has 0 atom stereocenters. The first-order valence-corrected chi connectivity index (χ1v) is 9.09. The van der Waals surface area contributed by atoms with Crippen molar-refractivity contribution >= 4 is 5.91 Å². The molecule has 3 aromatic rings. The van der Waals surface area contributed by atoms with Gasteiger partial charge in [-0.25, -0.2) is 5.48 Å². The van der Waals surface area contributed by atoms with Crippen molar-refractivity contribution in [1.29, 1.82) is 0 Å². The van der Waals surface area contributed by atoms with Gasteiger partial charge >= 0.3 is 0 Å². The minimum Gasteiger partial charge on any atom is -0.277 e. The van der Waals surface area contributed by atoms with Crippen LogP contribution in [-0.2, 0) is 11.9 Å². The Bertz CT molecular complexity index is 1040. The van der Waals surface area contributed by atoms with Crippen LogP contribution in [0.25, 0.3) is 22.4 Å². The largest absolute Gasteiger partial charge is 0.279 e. The van der Waals surface area contributed by atoms with Crippen LogP contribution in [0.4, 0.5) is 0 Å². The van der Waals surface area contributed by atoms with Crippen LogP contribution in [0.3, 0.4) is 0 Å². The second-order valence-electron chi connectivity index (χ2n) is 6.67. The highest BCUT2D eigenvalue weighted by molar-refractivity contribution is 6.03. The SMILES string of the molecule is CONC(=O)c1c(-c2ccccc2-c2ccccc2)nn(C)c1C#CC(C)C. The quantitative estimate of drug-likeness (QED) is 0.554. The van der Waals surface area contributed by atoms with Gasteiger partial charge in [-0.2, -0.15) is 5.10 Å². The third kappa shape index (κ3) is 3.98. The monoisotopic (exact) mass is 373 g/mol. The molecule has 3 rings (SSSR count). The van der Waals surface area contributed by atoms with E-state index in [2.05, 4.69) is 22.4 Å². The summed E-state index contributed by atoms with van der Waals surface area (Å²) < 4.78 is 1.65. The molecule has 0 saturated carbocycles. The molecule has 0 radical (unpaired) electrons. The number of hydrogen-bond acceptors (Lipinski definition) is 3. The molecule has 0 fully saturated rings. The van der Waals surface area contributed by atoms with Crippen molar-refractivity contribution in [3.63, 3.8) is 0 Å². The lowest BCUT2D eigenvalue weighted by Crippen LogP contribution is -2.23. The molecule has 0 unspecified atom stereocenters. The van der Waals surface area contributed by atoms with Crippen molar-refractivity contribution in [2.75, 3.05) is 7.11 Å².